The molecule has 1 aromatic carbocycles. The quantitative estimate of drug-likeness (QED) is 0.801. The summed E-state index contributed by atoms with van der Waals surface area (Å²) in [7, 11) is -3.68. The number of benzene rings is 1. The number of carbonyl (C=O) groups is 2. The lowest BCUT2D eigenvalue weighted by Gasteiger charge is -2.35. The van der Waals surface area contributed by atoms with E-state index in [0.717, 1.165) is 5.56 Å². The fraction of sp³-hybridized carbons (Fsp3) is 0.579. The van der Waals surface area contributed by atoms with Crippen molar-refractivity contribution in [3.05, 3.63) is 23.8 Å². The standard InChI is InChI=1S/C19H25N3O5S/c23-18-6-3-14-12-16(4-5-17(14)20-18)28(25,26)22-7-1-2-15(13-22)19(24)21-8-10-27-11-9-21/h4-5,12,15H,1-3,6-11,13H2,(H,20,23). The van der Waals surface area contributed by atoms with Crippen LogP contribution in [0.25, 0.3) is 0 Å². The summed E-state index contributed by atoms with van der Waals surface area (Å²) in [6.07, 6.45) is 2.26. The first kappa shape index (κ1) is 19.4. The van der Waals surface area contributed by atoms with E-state index in [1.165, 1.54) is 10.4 Å². The minimum absolute atomic E-state index is 0.0244. The summed E-state index contributed by atoms with van der Waals surface area (Å²) in [6.45, 7) is 2.84. The lowest BCUT2D eigenvalue weighted by atomic mass is 9.98. The van der Waals surface area contributed by atoms with E-state index in [0.29, 0.717) is 64.2 Å². The van der Waals surface area contributed by atoms with Gasteiger partial charge in [0.2, 0.25) is 21.8 Å². The highest BCUT2D eigenvalue weighted by molar-refractivity contribution is 7.89. The van der Waals surface area contributed by atoms with E-state index in [2.05, 4.69) is 5.32 Å². The fourth-order valence-electron chi connectivity index (χ4n) is 4.07. The number of sulfonamides is 1. The molecule has 1 N–H and O–H groups in total. The molecule has 0 bridgehead atoms. The molecule has 4 rings (SSSR count). The van der Waals surface area contributed by atoms with Crippen LogP contribution in [0.3, 0.4) is 0 Å². The number of hydrogen-bond donors (Lipinski definition) is 1. The monoisotopic (exact) mass is 407 g/mol. The second-order valence-corrected chi connectivity index (χ2v) is 9.44. The number of morpholine rings is 1. The first-order chi connectivity index (χ1) is 13.4. The van der Waals surface area contributed by atoms with Crippen LogP contribution in [0.1, 0.15) is 24.8 Å². The number of hydrogen-bond acceptors (Lipinski definition) is 5. The van der Waals surface area contributed by atoms with Gasteiger partial charge in [0.15, 0.2) is 0 Å². The molecule has 0 spiro atoms. The smallest absolute Gasteiger partial charge is 0.243 e. The van der Waals surface area contributed by atoms with Gasteiger partial charge in [-0.1, -0.05) is 0 Å². The van der Waals surface area contributed by atoms with Crippen molar-refractivity contribution in [2.45, 2.75) is 30.6 Å². The van der Waals surface area contributed by atoms with Crippen LogP contribution in [-0.2, 0) is 30.8 Å². The van der Waals surface area contributed by atoms with E-state index in [4.69, 9.17) is 4.74 Å². The van der Waals surface area contributed by atoms with Crippen LogP contribution in [-0.4, -0.2) is 68.8 Å². The molecule has 3 aliphatic rings. The summed E-state index contributed by atoms with van der Waals surface area (Å²) in [5.74, 6) is -0.335. The van der Waals surface area contributed by atoms with Gasteiger partial charge in [0.25, 0.3) is 0 Å². The Kier molecular flexibility index (Phi) is 5.39. The molecular weight excluding hydrogens is 382 g/mol. The van der Waals surface area contributed by atoms with E-state index >= 15 is 0 Å². The van der Waals surface area contributed by atoms with Crippen molar-refractivity contribution in [3.63, 3.8) is 0 Å². The summed E-state index contributed by atoms with van der Waals surface area (Å²) in [4.78, 5) is 26.3. The van der Waals surface area contributed by atoms with Crippen molar-refractivity contribution in [1.29, 1.82) is 0 Å². The van der Waals surface area contributed by atoms with Gasteiger partial charge in [-0.3, -0.25) is 9.59 Å². The summed E-state index contributed by atoms with van der Waals surface area (Å²) in [5.41, 5.74) is 1.51. The Labute approximate surface area is 164 Å². The molecule has 3 aliphatic heterocycles. The van der Waals surface area contributed by atoms with Gasteiger partial charge < -0.3 is 15.0 Å². The summed E-state index contributed by atoms with van der Waals surface area (Å²) < 4.78 is 33.1. The number of nitrogens with zero attached hydrogens (tertiary/aromatic N) is 2. The molecule has 2 saturated heterocycles. The minimum atomic E-state index is -3.68. The number of fused-ring (bicyclic) bond motifs is 1. The second kappa shape index (κ2) is 7.81. The number of aryl methyl sites for hydroxylation is 1. The highest BCUT2D eigenvalue weighted by atomic mass is 32.2. The molecule has 28 heavy (non-hydrogen) atoms. The molecular formula is C19H25N3O5S. The third-order valence-electron chi connectivity index (χ3n) is 5.67. The van der Waals surface area contributed by atoms with Crippen molar-refractivity contribution in [2.24, 2.45) is 5.92 Å². The molecule has 0 radical (unpaired) electrons. The van der Waals surface area contributed by atoms with Crippen LogP contribution in [0.2, 0.25) is 0 Å². The van der Waals surface area contributed by atoms with E-state index in [1.807, 2.05) is 0 Å². The number of ether oxygens (including phenoxy) is 1. The maximum Gasteiger partial charge on any atom is 0.243 e. The second-order valence-electron chi connectivity index (χ2n) is 7.51. The van der Waals surface area contributed by atoms with Crippen LogP contribution < -0.4 is 5.32 Å². The highest BCUT2D eigenvalue weighted by Gasteiger charge is 2.35. The Bertz CT molecular complexity index is 880. The molecule has 152 valence electrons. The summed E-state index contributed by atoms with van der Waals surface area (Å²) in [5, 5.41) is 2.77. The molecule has 0 aliphatic carbocycles. The third kappa shape index (κ3) is 3.78. The topological polar surface area (TPSA) is 96.0 Å². The molecule has 9 heteroatoms. The molecule has 2 amide bonds. The van der Waals surface area contributed by atoms with Crippen LogP contribution in [0, 0.1) is 5.92 Å². The number of rotatable bonds is 3. The molecule has 0 aromatic heterocycles. The molecule has 2 fully saturated rings. The van der Waals surface area contributed by atoms with E-state index < -0.39 is 10.0 Å². The zero-order valence-corrected chi connectivity index (χ0v) is 16.5. The molecule has 0 saturated carbocycles. The zero-order valence-electron chi connectivity index (χ0n) is 15.7. The first-order valence-corrected chi connectivity index (χ1v) is 11.2. The van der Waals surface area contributed by atoms with Crippen LogP contribution >= 0.6 is 0 Å². The van der Waals surface area contributed by atoms with Gasteiger partial charge in [0.05, 0.1) is 24.0 Å². The van der Waals surface area contributed by atoms with E-state index in [9.17, 15) is 18.0 Å². The Hall–Kier alpha value is -1.97. The predicted octanol–water partition coefficient (Wildman–Crippen LogP) is 0.831. The van der Waals surface area contributed by atoms with E-state index in [1.54, 1.807) is 17.0 Å². The number of amides is 2. The molecule has 1 unspecified atom stereocenters. The average molecular weight is 407 g/mol. The minimum Gasteiger partial charge on any atom is -0.378 e. The fourth-order valence-corrected chi connectivity index (χ4v) is 5.65. The number of anilines is 1. The average Bonchev–Trinajstić information content (AvgIpc) is 2.73. The number of nitrogens with one attached hydrogen (secondary N) is 1. The Morgan fingerprint density at radius 2 is 1.93 bits per heavy atom. The SMILES string of the molecule is O=C1CCc2cc(S(=O)(=O)N3CCCC(C(=O)N4CCOCC4)C3)ccc2N1. The van der Waals surface area contributed by atoms with Crippen LogP contribution in [0.15, 0.2) is 23.1 Å². The van der Waals surface area contributed by atoms with Crippen molar-refractivity contribution >= 4 is 27.5 Å². The van der Waals surface area contributed by atoms with Gasteiger partial charge in [0.1, 0.15) is 0 Å². The van der Waals surface area contributed by atoms with E-state index in [-0.39, 0.29) is 29.2 Å². The first-order valence-electron chi connectivity index (χ1n) is 9.74. The largest absolute Gasteiger partial charge is 0.378 e. The molecule has 1 aromatic rings. The third-order valence-corrected chi connectivity index (χ3v) is 7.53. The van der Waals surface area contributed by atoms with Gasteiger partial charge in [-0.05, 0) is 43.0 Å². The summed E-state index contributed by atoms with van der Waals surface area (Å²) >= 11 is 0. The van der Waals surface area contributed by atoms with Gasteiger partial charge >= 0.3 is 0 Å². The zero-order chi connectivity index (χ0) is 19.7. The van der Waals surface area contributed by atoms with Gasteiger partial charge in [-0.2, -0.15) is 4.31 Å². The summed E-state index contributed by atoms with van der Waals surface area (Å²) in [6, 6.07) is 4.84. The normalized spacial score (nSPS) is 23.8. The predicted molar refractivity (Wildman–Crippen MR) is 102 cm³/mol. The van der Waals surface area contributed by atoms with Gasteiger partial charge in [-0.15, -0.1) is 0 Å². The maximum atomic E-state index is 13.2. The highest BCUT2D eigenvalue weighted by Crippen LogP contribution is 2.29. The number of piperidine rings is 1. The molecule has 1 atom stereocenters. The lowest BCUT2D eigenvalue weighted by molar-refractivity contribution is -0.140. The van der Waals surface area contributed by atoms with Crippen molar-refractivity contribution in [2.75, 3.05) is 44.7 Å². The van der Waals surface area contributed by atoms with Crippen molar-refractivity contribution in [1.82, 2.24) is 9.21 Å². The van der Waals surface area contributed by atoms with Crippen LogP contribution in [0.5, 0.6) is 0 Å². The molecule has 3 heterocycles. The Morgan fingerprint density at radius 3 is 2.71 bits per heavy atom. The van der Waals surface area contributed by atoms with Crippen molar-refractivity contribution in [3.8, 4) is 0 Å². The van der Waals surface area contributed by atoms with Gasteiger partial charge in [0, 0.05) is 38.3 Å². The number of carbonyl (C=O) groups excluding carboxylic acids is 2. The van der Waals surface area contributed by atoms with Gasteiger partial charge in [-0.25, -0.2) is 8.42 Å². The molecule has 8 nitrogen and oxygen atoms in total. The maximum absolute atomic E-state index is 13.2. The lowest BCUT2D eigenvalue weighted by Crippen LogP contribution is -2.49. The van der Waals surface area contributed by atoms with Crippen LogP contribution in [0.4, 0.5) is 5.69 Å². The Morgan fingerprint density at radius 1 is 1.14 bits per heavy atom. The van der Waals surface area contributed by atoms with Crippen molar-refractivity contribution < 1.29 is 22.7 Å². The Balaban J connectivity index is 1.51.